The van der Waals surface area contributed by atoms with Crippen LogP contribution < -0.4 is 10.1 Å². The third-order valence-corrected chi connectivity index (χ3v) is 6.03. The van der Waals surface area contributed by atoms with E-state index in [1.165, 1.54) is 4.90 Å². The molecule has 34 heavy (non-hydrogen) atoms. The molecule has 3 rings (SSSR count). The molecule has 1 saturated heterocycles. The Bertz CT molecular complexity index is 896. The second kappa shape index (κ2) is 10.3. The summed E-state index contributed by atoms with van der Waals surface area (Å²) >= 11 is 0. The minimum atomic E-state index is -4.95. The molecule has 0 spiro atoms. The number of likely N-dealkylation sites (tertiary alicyclic amines) is 1. The number of carbonyl (C=O) groups is 2. The first-order valence-electron chi connectivity index (χ1n) is 11.0. The summed E-state index contributed by atoms with van der Waals surface area (Å²) in [6.45, 7) is 0.931. The number of aliphatic hydroxyl groups excluding tert-OH is 1. The summed E-state index contributed by atoms with van der Waals surface area (Å²) in [4.78, 5) is 28.5. The SMILES string of the molecule is C[C@]1(CO)CC(N(C(=O)NCc2ccc(OC(F)(F)F)cc2F)C2CC2)CN(C(=O)CCF)C1. The van der Waals surface area contributed by atoms with Crippen molar-refractivity contribution in [1.82, 2.24) is 15.1 Å². The van der Waals surface area contributed by atoms with Gasteiger partial charge in [-0.15, -0.1) is 13.2 Å². The van der Waals surface area contributed by atoms with Crippen molar-refractivity contribution in [2.45, 2.75) is 57.6 Å². The van der Waals surface area contributed by atoms with Gasteiger partial charge in [0.25, 0.3) is 0 Å². The smallest absolute Gasteiger partial charge is 0.406 e. The lowest BCUT2D eigenvalue weighted by Crippen LogP contribution is -2.60. The number of hydrogen-bond donors (Lipinski definition) is 2. The summed E-state index contributed by atoms with van der Waals surface area (Å²) < 4.78 is 67.6. The number of urea groups is 1. The highest BCUT2D eigenvalue weighted by Gasteiger charge is 2.45. The summed E-state index contributed by atoms with van der Waals surface area (Å²) in [6.07, 6.45) is -3.32. The number of benzene rings is 1. The quantitative estimate of drug-likeness (QED) is 0.545. The normalized spacial score (nSPS) is 22.9. The van der Waals surface area contributed by atoms with Gasteiger partial charge in [-0.05, 0) is 25.3 Å². The van der Waals surface area contributed by atoms with Crippen molar-refractivity contribution < 1.29 is 41.4 Å². The molecule has 1 aliphatic carbocycles. The van der Waals surface area contributed by atoms with Crippen LogP contribution in [-0.4, -0.2) is 71.7 Å². The molecule has 2 fully saturated rings. The molecular formula is C22H28F5N3O4. The molecule has 190 valence electrons. The minimum absolute atomic E-state index is 0.0257. The Morgan fingerprint density at radius 1 is 1.29 bits per heavy atom. The summed E-state index contributed by atoms with van der Waals surface area (Å²) in [6, 6.07) is 1.61. The van der Waals surface area contributed by atoms with Gasteiger partial charge in [0.2, 0.25) is 5.91 Å². The summed E-state index contributed by atoms with van der Waals surface area (Å²) in [7, 11) is 0. The van der Waals surface area contributed by atoms with Crippen LogP contribution in [0.1, 0.15) is 38.2 Å². The van der Waals surface area contributed by atoms with Crippen LogP contribution in [0.15, 0.2) is 18.2 Å². The van der Waals surface area contributed by atoms with E-state index >= 15 is 0 Å². The molecule has 2 atom stereocenters. The highest BCUT2D eigenvalue weighted by Crippen LogP contribution is 2.37. The first-order chi connectivity index (χ1) is 15.9. The number of alkyl halides is 4. The van der Waals surface area contributed by atoms with Gasteiger partial charge in [-0.3, -0.25) is 9.18 Å². The van der Waals surface area contributed by atoms with Gasteiger partial charge in [0.05, 0.1) is 25.7 Å². The van der Waals surface area contributed by atoms with Gasteiger partial charge in [0.15, 0.2) is 0 Å². The van der Waals surface area contributed by atoms with E-state index < -0.39 is 48.0 Å². The van der Waals surface area contributed by atoms with Crippen LogP contribution in [0.3, 0.4) is 0 Å². The zero-order valence-corrected chi connectivity index (χ0v) is 18.7. The molecule has 1 aliphatic heterocycles. The number of rotatable bonds is 8. The van der Waals surface area contributed by atoms with Crippen molar-refractivity contribution in [2.24, 2.45) is 5.41 Å². The standard InChI is InChI=1S/C22H28F5N3O4/c1-21(13-31)9-16(11-29(12-21)19(32)6-7-23)30(15-3-4-15)20(33)28-10-14-2-5-17(8-18(14)24)34-22(25,26)27/h2,5,8,15-16,31H,3-4,6-7,9-13H2,1H3,(H,28,33)/t16?,21-/m0/s1. The second-order valence-corrected chi connectivity index (χ2v) is 9.14. The molecule has 0 bridgehead atoms. The van der Waals surface area contributed by atoms with E-state index in [1.54, 1.807) is 11.8 Å². The monoisotopic (exact) mass is 493 g/mol. The molecule has 2 N–H and O–H groups in total. The molecule has 0 aromatic heterocycles. The molecule has 2 aliphatic rings. The van der Waals surface area contributed by atoms with Gasteiger partial charge in [0.1, 0.15) is 11.6 Å². The predicted octanol–water partition coefficient (Wildman–Crippen LogP) is 3.36. The van der Waals surface area contributed by atoms with Gasteiger partial charge in [-0.2, -0.15) is 0 Å². The zero-order valence-electron chi connectivity index (χ0n) is 18.7. The minimum Gasteiger partial charge on any atom is -0.406 e. The molecule has 1 aromatic rings. The summed E-state index contributed by atoms with van der Waals surface area (Å²) in [5.41, 5.74) is -0.704. The Labute approximate surface area is 193 Å². The number of ether oxygens (including phenoxy) is 1. The van der Waals surface area contributed by atoms with Crippen molar-refractivity contribution in [2.75, 3.05) is 26.4 Å². The fourth-order valence-corrected chi connectivity index (χ4v) is 4.32. The third-order valence-electron chi connectivity index (χ3n) is 6.03. The van der Waals surface area contributed by atoms with Crippen LogP contribution in [-0.2, 0) is 11.3 Å². The average Bonchev–Trinajstić information content (AvgIpc) is 3.57. The maximum Gasteiger partial charge on any atom is 0.573 e. The summed E-state index contributed by atoms with van der Waals surface area (Å²) in [5, 5.41) is 12.5. The van der Waals surface area contributed by atoms with Crippen LogP contribution in [0, 0.1) is 11.2 Å². The Hall–Kier alpha value is -2.63. The molecule has 0 radical (unpaired) electrons. The van der Waals surface area contributed by atoms with E-state index in [9.17, 15) is 36.6 Å². The van der Waals surface area contributed by atoms with E-state index in [0.717, 1.165) is 25.0 Å². The Morgan fingerprint density at radius 3 is 2.56 bits per heavy atom. The van der Waals surface area contributed by atoms with E-state index in [0.29, 0.717) is 12.5 Å². The molecule has 3 amide bonds. The first kappa shape index (κ1) is 26.0. The maximum absolute atomic E-state index is 14.2. The Kier molecular flexibility index (Phi) is 7.89. The lowest BCUT2D eigenvalue weighted by molar-refractivity contribution is -0.274. The fraction of sp³-hybridized carbons (Fsp3) is 0.636. The van der Waals surface area contributed by atoms with Crippen molar-refractivity contribution in [3.05, 3.63) is 29.6 Å². The summed E-state index contributed by atoms with van der Waals surface area (Å²) in [5.74, 6) is -2.07. The van der Waals surface area contributed by atoms with Gasteiger partial charge in [0, 0.05) is 42.7 Å². The molecule has 12 heteroatoms. The van der Waals surface area contributed by atoms with Crippen molar-refractivity contribution in [3.63, 3.8) is 0 Å². The largest absolute Gasteiger partial charge is 0.573 e. The number of piperidine rings is 1. The second-order valence-electron chi connectivity index (χ2n) is 9.14. The topological polar surface area (TPSA) is 82.1 Å². The number of nitrogens with zero attached hydrogens (tertiary/aromatic N) is 2. The highest BCUT2D eigenvalue weighted by atomic mass is 19.4. The molecule has 1 unspecified atom stereocenters. The first-order valence-corrected chi connectivity index (χ1v) is 11.0. The predicted molar refractivity (Wildman–Crippen MR) is 111 cm³/mol. The average molecular weight is 493 g/mol. The molecule has 1 heterocycles. The zero-order chi connectivity index (χ0) is 25.1. The van der Waals surface area contributed by atoms with Crippen LogP contribution >= 0.6 is 0 Å². The van der Waals surface area contributed by atoms with Crippen LogP contribution in [0.4, 0.5) is 26.7 Å². The van der Waals surface area contributed by atoms with Gasteiger partial charge >= 0.3 is 12.4 Å². The molecule has 1 aromatic carbocycles. The Balaban J connectivity index is 1.70. The number of aliphatic hydroxyl groups is 1. The van der Waals surface area contributed by atoms with Crippen molar-refractivity contribution in [3.8, 4) is 5.75 Å². The fourth-order valence-electron chi connectivity index (χ4n) is 4.32. The van der Waals surface area contributed by atoms with Crippen molar-refractivity contribution >= 4 is 11.9 Å². The van der Waals surface area contributed by atoms with Gasteiger partial charge in [-0.1, -0.05) is 13.0 Å². The van der Waals surface area contributed by atoms with Crippen LogP contribution in [0.25, 0.3) is 0 Å². The Morgan fingerprint density at radius 2 is 2.00 bits per heavy atom. The number of halogens is 5. The van der Waals surface area contributed by atoms with E-state index in [2.05, 4.69) is 10.1 Å². The van der Waals surface area contributed by atoms with E-state index in [1.807, 2.05) is 0 Å². The van der Waals surface area contributed by atoms with Crippen molar-refractivity contribution in [1.29, 1.82) is 0 Å². The van der Waals surface area contributed by atoms with E-state index in [-0.39, 0.29) is 44.3 Å². The number of nitrogens with one attached hydrogen (secondary N) is 1. The molecular weight excluding hydrogens is 465 g/mol. The van der Waals surface area contributed by atoms with Crippen LogP contribution in [0.5, 0.6) is 5.75 Å². The van der Waals surface area contributed by atoms with E-state index in [4.69, 9.17) is 0 Å². The maximum atomic E-state index is 14.2. The number of hydrogen-bond acceptors (Lipinski definition) is 4. The third kappa shape index (κ3) is 6.71. The number of carbonyl (C=O) groups excluding carboxylic acids is 2. The van der Waals surface area contributed by atoms with Gasteiger partial charge in [-0.25, -0.2) is 9.18 Å². The van der Waals surface area contributed by atoms with Gasteiger partial charge < -0.3 is 25.0 Å². The molecule has 1 saturated carbocycles. The lowest BCUT2D eigenvalue weighted by Gasteiger charge is -2.47. The highest BCUT2D eigenvalue weighted by molar-refractivity contribution is 5.77. The molecule has 7 nitrogen and oxygen atoms in total. The number of amides is 3. The lowest BCUT2D eigenvalue weighted by atomic mass is 9.79. The van der Waals surface area contributed by atoms with Crippen LogP contribution in [0.2, 0.25) is 0 Å².